The van der Waals surface area contributed by atoms with E-state index in [0.717, 1.165) is 23.9 Å². The van der Waals surface area contributed by atoms with E-state index in [1.807, 2.05) is 52.0 Å². The summed E-state index contributed by atoms with van der Waals surface area (Å²) in [5.41, 5.74) is 0.759. The van der Waals surface area contributed by atoms with E-state index in [-0.39, 0.29) is 11.2 Å². The van der Waals surface area contributed by atoms with Gasteiger partial charge >= 0.3 is 13.1 Å². The summed E-state index contributed by atoms with van der Waals surface area (Å²) in [5.74, 6) is -0.691. The molecular weight excluding hydrogens is 303 g/mol. The Morgan fingerprint density at radius 1 is 1.00 bits per heavy atom. The number of benzene rings is 1. The van der Waals surface area contributed by atoms with Gasteiger partial charge < -0.3 is 14.4 Å². The Morgan fingerprint density at radius 2 is 1.50 bits per heavy atom. The van der Waals surface area contributed by atoms with Crippen LogP contribution in [0.5, 0.6) is 0 Å². The second kappa shape index (κ2) is 4.64. The predicted octanol–water partition coefficient (Wildman–Crippen LogP) is 2.88. The number of hydrogen-bond acceptors (Lipinski definition) is 3. The molecule has 128 valence electrons. The van der Waals surface area contributed by atoms with E-state index in [0.29, 0.717) is 5.41 Å². The molecular formula is C19H25BO4. The average molecular weight is 328 g/mol. The normalized spacial score (nSPS) is 27.8. The maximum Gasteiger partial charge on any atom is 0.494 e. The van der Waals surface area contributed by atoms with E-state index in [1.54, 1.807) is 0 Å². The van der Waals surface area contributed by atoms with Crippen molar-refractivity contribution in [2.75, 3.05) is 0 Å². The van der Waals surface area contributed by atoms with E-state index >= 15 is 0 Å². The third kappa shape index (κ3) is 2.17. The fraction of sp³-hybridized carbons (Fsp3) is 0.632. The van der Waals surface area contributed by atoms with Crippen LogP contribution in [0.4, 0.5) is 0 Å². The molecule has 1 saturated heterocycles. The lowest BCUT2D eigenvalue weighted by Crippen LogP contribution is -2.49. The highest BCUT2D eigenvalue weighted by Gasteiger charge is 2.65. The van der Waals surface area contributed by atoms with Gasteiger partial charge in [0.2, 0.25) is 0 Å². The molecule has 24 heavy (non-hydrogen) atoms. The monoisotopic (exact) mass is 328 g/mol. The summed E-state index contributed by atoms with van der Waals surface area (Å²) in [6.07, 6.45) is 3.94. The average Bonchev–Trinajstić information content (AvgIpc) is 3.20. The standard InChI is InChI=1S/C19H25BO4/c1-16(2)17(3,4)24-20(23-16)14-7-5-13(6-8-14)19(15(21)22)11-18(12-19)9-10-18/h5-8H,9-12H2,1-4H3,(H,21,22). The number of hydrogen-bond donors (Lipinski definition) is 1. The van der Waals surface area contributed by atoms with E-state index in [2.05, 4.69) is 0 Å². The lowest BCUT2D eigenvalue weighted by molar-refractivity contribution is -0.150. The number of carbonyl (C=O) groups is 1. The van der Waals surface area contributed by atoms with Crippen molar-refractivity contribution in [1.29, 1.82) is 0 Å². The van der Waals surface area contributed by atoms with Gasteiger partial charge in [-0.25, -0.2) is 0 Å². The Hall–Kier alpha value is -1.33. The molecule has 2 saturated carbocycles. The van der Waals surface area contributed by atoms with Crippen LogP contribution in [0.3, 0.4) is 0 Å². The van der Waals surface area contributed by atoms with E-state index in [1.165, 1.54) is 12.8 Å². The van der Waals surface area contributed by atoms with Crippen LogP contribution in [-0.4, -0.2) is 29.4 Å². The summed E-state index contributed by atoms with van der Waals surface area (Å²) in [6.45, 7) is 8.13. The number of carboxylic acids is 1. The number of carboxylic acid groups (broad SMARTS) is 1. The topological polar surface area (TPSA) is 55.8 Å². The molecule has 4 rings (SSSR count). The molecule has 0 radical (unpaired) electrons. The van der Waals surface area contributed by atoms with Crippen LogP contribution in [0.1, 0.15) is 58.9 Å². The zero-order valence-corrected chi connectivity index (χ0v) is 14.9. The first-order valence-electron chi connectivity index (χ1n) is 8.79. The van der Waals surface area contributed by atoms with Gasteiger partial charge in [-0.15, -0.1) is 0 Å². The van der Waals surface area contributed by atoms with Crippen molar-refractivity contribution < 1.29 is 19.2 Å². The second-order valence-corrected chi connectivity index (χ2v) is 8.95. The van der Waals surface area contributed by atoms with Gasteiger partial charge in [0.15, 0.2) is 0 Å². The summed E-state index contributed by atoms with van der Waals surface area (Å²) < 4.78 is 12.1. The molecule has 3 fully saturated rings. The van der Waals surface area contributed by atoms with Crippen molar-refractivity contribution in [2.45, 2.75) is 70.0 Å². The van der Waals surface area contributed by atoms with E-state index in [4.69, 9.17) is 9.31 Å². The molecule has 0 amide bonds. The highest BCUT2D eigenvalue weighted by molar-refractivity contribution is 6.62. The minimum Gasteiger partial charge on any atom is -0.481 e. The maximum absolute atomic E-state index is 11.9. The summed E-state index contributed by atoms with van der Waals surface area (Å²) in [6, 6.07) is 7.81. The summed E-state index contributed by atoms with van der Waals surface area (Å²) in [5, 5.41) is 9.77. The second-order valence-electron chi connectivity index (χ2n) is 8.95. The van der Waals surface area contributed by atoms with Crippen molar-refractivity contribution >= 4 is 18.6 Å². The first-order chi connectivity index (χ1) is 11.1. The molecule has 0 aromatic heterocycles. The van der Waals surface area contributed by atoms with Crippen LogP contribution < -0.4 is 5.46 Å². The third-order valence-corrected chi connectivity index (χ3v) is 6.71. The van der Waals surface area contributed by atoms with Crippen molar-refractivity contribution in [3.63, 3.8) is 0 Å². The van der Waals surface area contributed by atoms with Crippen molar-refractivity contribution in [2.24, 2.45) is 5.41 Å². The summed E-state index contributed by atoms with van der Waals surface area (Å²) in [7, 11) is -0.402. The zero-order valence-electron chi connectivity index (χ0n) is 14.9. The van der Waals surface area contributed by atoms with Crippen molar-refractivity contribution in [1.82, 2.24) is 0 Å². The van der Waals surface area contributed by atoms with Gasteiger partial charge in [0.1, 0.15) is 0 Å². The Bertz CT molecular complexity index is 664. The molecule has 5 heteroatoms. The van der Waals surface area contributed by atoms with Crippen LogP contribution in [0, 0.1) is 5.41 Å². The molecule has 1 N–H and O–H groups in total. The Balaban J connectivity index is 1.56. The Labute approximate surface area is 143 Å². The van der Waals surface area contributed by atoms with Crippen LogP contribution in [0.25, 0.3) is 0 Å². The third-order valence-electron chi connectivity index (χ3n) is 6.71. The molecule has 1 aromatic carbocycles. The van der Waals surface area contributed by atoms with Gasteiger partial charge in [-0.3, -0.25) is 4.79 Å². The van der Waals surface area contributed by atoms with Crippen LogP contribution in [0.15, 0.2) is 24.3 Å². The van der Waals surface area contributed by atoms with Crippen molar-refractivity contribution in [3.8, 4) is 0 Å². The van der Waals surface area contributed by atoms with Gasteiger partial charge in [0, 0.05) is 0 Å². The zero-order chi connectivity index (χ0) is 17.4. The maximum atomic E-state index is 11.9. The number of aliphatic carboxylic acids is 1. The Kier molecular flexibility index (Phi) is 3.13. The molecule has 2 aliphatic carbocycles. The minimum absolute atomic E-state index is 0.336. The van der Waals surface area contributed by atoms with Crippen molar-refractivity contribution in [3.05, 3.63) is 29.8 Å². The minimum atomic E-state index is -0.691. The summed E-state index contributed by atoms with van der Waals surface area (Å²) in [4.78, 5) is 11.9. The predicted molar refractivity (Wildman–Crippen MR) is 92.4 cm³/mol. The largest absolute Gasteiger partial charge is 0.494 e. The van der Waals surface area contributed by atoms with E-state index in [9.17, 15) is 9.90 Å². The highest BCUT2D eigenvalue weighted by Crippen LogP contribution is 2.68. The van der Waals surface area contributed by atoms with Gasteiger partial charge in [-0.2, -0.15) is 0 Å². The first-order valence-corrected chi connectivity index (χ1v) is 8.79. The molecule has 1 aliphatic heterocycles. The summed E-state index contributed by atoms with van der Waals surface area (Å²) >= 11 is 0. The molecule has 0 unspecified atom stereocenters. The van der Waals surface area contributed by atoms with E-state index < -0.39 is 18.5 Å². The molecule has 0 atom stereocenters. The quantitative estimate of drug-likeness (QED) is 0.867. The fourth-order valence-corrected chi connectivity index (χ4v) is 4.18. The molecule has 3 aliphatic rings. The van der Waals surface area contributed by atoms with Gasteiger partial charge in [0.25, 0.3) is 0 Å². The molecule has 1 spiro atoms. The first kappa shape index (κ1) is 16.2. The molecule has 4 nitrogen and oxygen atoms in total. The van der Waals surface area contributed by atoms with Crippen LogP contribution in [0.2, 0.25) is 0 Å². The fourth-order valence-electron chi connectivity index (χ4n) is 4.18. The lowest BCUT2D eigenvalue weighted by atomic mass is 9.56. The van der Waals surface area contributed by atoms with Gasteiger partial charge in [-0.1, -0.05) is 24.3 Å². The van der Waals surface area contributed by atoms with Crippen LogP contribution >= 0.6 is 0 Å². The number of rotatable bonds is 3. The molecule has 1 heterocycles. The lowest BCUT2D eigenvalue weighted by Gasteiger charge is -2.45. The SMILES string of the molecule is CC1(C)OB(c2ccc(C3(C(=O)O)CC4(CC4)C3)cc2)OC1(C)C. The van der Waals surface area contributed by atoms with Gasteiger partial charge in [0.05, 0.1) is 16.6 Å². The highest BCUT2D eigenvalue weighted by atomic mass is 16.7. The molecule has 0 bridgehead atoms. The van der Waals surface area contributed by atoms with Gasteiger partial charge in [-0.05, 0) is 69.8 Å². The van der Waals surface area contributed by atoms with Crippen LogP contribution in [-0.2, 0) is 19.5 Å². The molecule has 1 aromatic rings. The Morgan fingerprint density at radius 3 is 1.92 bits per heavy atom. The smallest absolute Gasteiger partial charge is 0.481 e.